The highest BCUT2D eigenvalue weighted by atomic mass is 16.5. The summed E-state index contributed by atoms with van der Waals surface area (Å²) in [6.07, 6.45) is 0.125. The minimum absolute atomic E-state index is 0.0971. The summed E-state index contributed by atoms with van der Waals surface area (Å²) in [6, 6.07) is 5.86. The average Bonchev–Trinajstić information content (AvgIpc) is 2.85. The molecule has 2 heterocycles. The van der Waals surface area contributed by atoms with Gasteiger partial charge in [0.1, 0.15) is 0 Å². The molecular formula is C14H17NO3. The normalized spacial score (nSPS) is 22.9. The van der Waals surface area contributed by atoms with Gasteiger partial charge in [0.2, 0.25) is 0 Å². The van der Waals surface area contributed by atoms with Crippen LogP contribution in [-0.2, 0) is 22.7 Å². The number of morpholine rings is 1. The Morgan fingerprint density at radius 2 is 2.17 bits per heavy atom. The van der Waals surface area contributed by atoms with E-state index in [1.165, 1.54) is 5.56 Å². The molecule has 3 rings (SSSR count). The predicted octanol–water partition coefficient (Wildman–Crippen LogP) is 1.58. The highest BCUT2D eigenvalue weighted by molar-refractivity contribution is 5.94. The maximum absolute atomic E-state index is 12.4. The number of nitrogens with zero attached hydrogens (tertiary/aromatic N) is 1. The molecule has 1 fully saturated rings. The minimum atomic E-state index is 0.0971. The molecule has 0 saturated carbocycles. The molecule has 0 aromatic heterocycles. The second-order valence-corrected chi connectivity index (χ2v) is 4.91. The molecule has 4 heteroatoms. The third-order valence-electron chi connectivity index (χ3n) is 3.50. The fourth-order valence-corrected chi connectivity index (χ4v) is 2.49. The van der Waals surface area contributed by atoms with E-state index in [1.807, 2.05) is 30.0 Å². The lowest BCUT2D eigenvalue weighted by Crippen LogP contribution is -2.44. The first-order valence-corrected chi connectivity index (χ1v) is 6.34. The molecule has 2 aliphatic rings. The molecule has 1 aromatic carbocycles. The molecule has 1 saturated heterocycles. The first-order valence-electron chi connectivity index (χ1n) is 6.34. The van der Waals surface area contributed by atoms with Crippen molar-refractivity contribution in [3.05, 3.63) is 34.9 Å². The van der Waals surface area contributed by atoms with Gasteiger partial charge in [0.25, 0.3) is 5.91 Å². The van der Waals surface area contributed by atoms with Crippen LogP contribution in [0.1, 0.15) is 28.4 Å². The van der Waals surface area contributed by atoms with Crippen LogP contribution in [0.15, 0.2) is 18.2 Å². The number of amides is 1. The van der Waals surface area contributed by atoms with Crippen LogP contribution in [0, 0.1) is 0 Å². The molecule has 1 atom stereocenters. The number of carbonyl (C=O) groups excluding carboxylic acids is 1. The Balaban J connectivity index is 1.79. The van der Waals surface area contributed by atoms with Gasteiger partial charge in [-0.1, -0.05) is 6.07 Å². The Labute approximate surface area is 106 Å². The summed E-state index contributed by atoms with van der Waals surface area (Å²) in [7, 11) is 0. The van der Waals surface area contributed by atoms with Gasteiger partial charge < -0.3 is 14.4 Å². The van der Waals surface area contributed by atoms with Crippen LogP contribution in [0.3, 0.4) is 0 Å². The van der Waals surface area contributed by atoms with E-state index in [9.17, 15) is 4.79 Å². The third-order valence-corrected chi connectivity index (χ3v) is 3.50. The van der Waals surface area contributed by atoms with Crippen LogP contribution in [0.5, 0.6) is 0 Å². The number of ether oxygens (including phenoxy) is 2. The van der Waals surface area contributed by atoms with E-state index in [0.717, 1.165) is 11.1 Å². The topological polar surface area (TPSA) is 38.8 Å². The van der Waals surface area contributed by atoms with Gasteiger partial charge in [-0.15, -0.1) is 0 Å². The van der Waals surface area contributed by atoms with Crippen molar-refractivity contribution in [3.63, 3.8) is 0 Å². The second kappa shape index (κ2) is 4.71. The van der Waals surface area contributed by atoms with E-state index in [0.29, 0.717) is 32.9 Å². The van der Waals surface area contributed by atoms with Crippen molar-refractivity contribution in [2.75, 3.05) is 19.7 Å². The van der Waals surface area contributed by atoms with Gasteiger partial charge in [-0.25, -0.2) is 0 Å². The lowest BCUT2D eigenvalue weighted by molar-refractivity contribution is -0.0124. The van der Waals surface area contributed by atoms with E-state index in [4.69, 9.17) is 9.47 Å². The lowest BCUT2D eigenvalue weighted by atomic mass is 10.1. The molecular weight excluding hydrogens is 230 g/mol. The molecule has 18 heavy (non-hydrogen) atoms. The fraction of sp³-hybridized carbons (Fsp3) is 0.500. The van der Waals surface area contributed by atoms with Crippen molar-refractivity contribution in [2.45, 2.75) is 26.2 Å². The largest absolute Gasteiger partial charge is 0.375 e. The maximum Gasteiger partial charge on any atom is 0.254 e. The molecule has 1 unspecified atom stereocenters. The lowest BCUT2D eigenvalue weighted by Gasteiger charge is -2.31. The predicted molar refractivity (Wildman–Crippen MR) is 66.3 cm³/mol. The van der Waals surface area contributed by atoms with Gasteiger partial charge >= 0.3 is 0 Å². The van der Waals surface area contributed by atoms with E-state index >= 15 is 0 Å². The zero-order valence-electron chi connectivity index (χ0n) is 10.5. The van der Waals surface area contributed by atoms with Crippen molar-refractivity contribution in [1.82, 2.24) is 4.90 Å². The number of carbonyl (C=O) groups is 1. The smallest absolute Gasteiger partial charge is 0.254 e. The molecule has 1 amide bonds. The van der Waals surface area contributed by atoms with Crippen LogP contribution in [-0.4, -0.2) is 36.6 Å². The van der Waals surface area contributed by atoms with E-state index in [1.54, 1.807) is 0 Å². The van der Waals surface area contributed by atoms with Gasteiger partial charge in [-0.3, -0.25) is 4.79 Å². The third kappa shape index (κ3) is 2.13. The molecule has 1 aromatic rings. The van der Waals surface area contributed by atoms with Gasteiger partial charge in [0.05, 0.1) is 25.9 Å². The van der Waals surface area contributed by atoms with Gasteiger partial charge in [0, 0.05) is 18.7 Å². The summed E-state index contributed by atoms with van der Waals surface area (Å²) in [6.45, 7) is 5.26. The summed E-state index contributed by atoms with van der Waals surface area (Å²) in [4.78, 5) is 14.2. The van der Waals surface area contributed by atoms with Crippen LogP contribution >= 0.6 is 0 Å². The fourth-order valence-electron chi connectivity index (χ4n) is 2.49. The van der Waals surface area contributed by atoms with Crippen molar-refractivity contribution >= 4 is 5.91 Å². The van der Waals surface area contributed by atoms with Crippen molar-refractivity contribution in [1.29, 1.82) is 0 Å². The van der Waals surface area contributed by atoms with Gasteiger partial charge in [-0.2, -0.15) is 0 Å². The summed E-state index contributed by atoms with van der Waals surface area (Å²) in [5.41, 5.74) is 3.09. The number of hydrogen-bond donors (Lipinski definition) is 0. The van der Waals surface area contributed by atoms with E-state index in [2.05, 4.69) is 0 Å². The monoisotopic (exact) mass is 247 g/mol. The van der Waals surface area contributed by atoms with Crippen LogP contribution in [0.2, 0.25) is 0 Å². The maximum atomic E-state index is 12.4. The zero-order chi connectivity index (χ0) is 12.5. The number of fused-ring (bicyclic) bond motifs is 1. The standard InChI is InChI=1S/C14H17NO3/c1-10-7-15(4-5-18-10)14(16)11-2-3-12-8-17-9-13(12)6-11/h2-3,6,10H,4-5,7-9H2,1H3. The summed E-state index contributed by atoms with van der Waals surface area (Å²) in [5.74, 6) is 0.0971. The van der Waals surface area contributed by atoms with Gasteiger partial charge in [0.15, 0.2) is 0 Å². The molecule has 0 N–H and O–H groups in total. The Morgan fingerprint density at radius 1 is 1.33 bits per heavy atom. The first kappa shape index (κ1) is 11.7. The highest BCUT2D eigenvalue weighted by Crippen LogP contribution is 2.22. The molecule has 2 aliphatic heterocycles. The number of hydrogen-bond acceptors (Lipinski definition) is 3. The quantitative estimate of drug-likeness (QED) is 0.756. The molecule has 0 aliphatic carbocycles. The first-order chi connectivity index (χ1) is 8.74. The van der Waals surface area contributed by atoms with Crippen molar-refractivity contribution in [3.8, 4) is 0 Å². The average molecular weight is 247 g/mol. The Morgan fingerprint density at radius 3 is 3.00 bits per heavy atom. The molecule has 0 spiro atoms. The Bertz CT molecular complexity index is 472. The van der Waals surface area contributed by atoms with E-state index in [-0.39, 0.29) is 12.0 Å². The molecule has 0 bridgehead atoms. The highest BCUT2D eigenvalue weighted by Gasteiger charge is 2.23. The molecule has 0 radical (unpaired) electrons. The summed E-state index contributed by atoms with van der Waals surface area (Å²) < 4.78 is 10.8. The van der Waals surface area contributed by atoms with Crippen LogP contribution in [0.25, 0.3) is 0 Å². The molecule has 96 valence electrons. The summed E-state index contributed by atoms with van der Waals surface area (Å²) in [5, 5.41) is 0. The second-order valence-electron chi connectivity index (χ2n) is 4.91. The van der Waals surface area contributed by atoms with Crippen LogP contribution < -0.4 is 0 Å². The van der Waals surface area contributed by atoms with Crippen LogP contribution in [0.4, 0.5) is 0 Å². The molecule has 4 nitrogen and oxygen atoms in total. The number of benzene rings is 1. The van der Waals surface area contributed by atoms with E-state index < -0.39 is 0 Å². The minimum Gasteiger partial charge on any atom is -0.375 e. The number of rotatable bonds is 1. The summed E-state index contributed by atoms with van der Waals surface area (Å²) >= 11 is 0. The van der Waals surface area contributed by atoms with Crippen molar-refractivity contribution < 1.29 is 14.3 Å². The zero-order valence-corrected chi connectivity index (χ0v) is 10.5. The Hall–Kier alpha value is -1.39. The SMILES string of the molecule is CC1CN(C(=O)c2ccc3c(c2)COC3)CCO1. The van der Waals surface area contributed by atoms with Gasteiger partial charge in [-0.05, 0) is 30.2 Å². The van der Waals surface area contributed by atoms with Crippen molar-refractivity contribution in [2.24, 2.45) is 0 Å². The Kier molecular flexibility index (Phi) is 3.06.